The van der Waals surface area contributed by atoms with Crippen LogP contribution in [-0.2, 0) is 11.2 Å². The van der Waals surface area contributed by atoms with Gasteiger partial charge >= 0.3 is 0 Å². The van der Waals surface area contributed by atoms with Crippen LogP contribution in [0, 0.1) is 5.92 Å². The summed E-state index contributed by atoms with van der Waals surface area (Å²) in [7, 11) is 0. The summed E-state index contributed by atoms with van der Waals surface area (Å²) in [6, 6.07) is 8.30. The van der Waals surface area contributed by atoms with Gasteiger partial charge in [0.05, 0.1) is 13.2 Å². The molecule has 6 heteroatoms. The van der Waals surface area contributed by atoms with Gasteiger partial charge in [-0.1, -0.05) is 26.0 Å². The fourth-order valence-corrected chi connectivity index (χ4v) is 2.55. The zero-order valence-corrected chi connectivity index (χ0v) is 16.5. The predicted molar refractivity (Wildman–Crippen MR) is 108 cm³/mol. The Hall–Kier alpha value is -0.860. The summed E-state index contributed by atoms with van der Waals surface area (Å²) in [6.45, 7) is 9.86. The average Bonchev–Trinajstić information content (AvgIpc) is 2.55. The summed E-state index contributed by atoms with van der Waals surface area (Å²) >= 11 is 0. The number of aliphatic imine (C=N–C) groups is 1. The quantitative estimate of drug-likeness (QED) is 0.412. The molecule has 1 atom stereocenters. The van der Waals surface area contributed by atoms with E-state index in [1.54, 1.807) is 0 Å². The van der Waals surface area contributed by atoms with E-state index in [4.69, 9.17) is 10.5 Å². The lowest BCUT2D eigenvalue weighted by atomic mass is 10.1. The molecule has 3 N–H and O–H groups in total. The van der Waals surface area contributed by atoms with Crippen LogP contribution in [0.1, 0.15) is 19.4 Å². The van der Waals surface area contributed by atoms with Crippen LogP contribution in [0.25, 0.3) is 0 Å². The number of nitrogens with one attached hydrogen (secondary N) is 1. The molecule has 130 valence electrons. The number of halogens is 1. The molecule has 0 aliphatic carbocycles. The summed E-state index contributed by atoms with van der Waals surface area (Å²) in [5, 5.41) is 3.15. The molecule has 2 rings (SSSR count). The maximum absolute atomic E-state index is 5.96. The third-order valence-corrected chi connectivity index (χ3v) is 3.88. The molecular weight excluding hydrogens is 403 g/mol. The minimum atomic E-state index is 0. The van der Waals surface area contributed by atoms with Crippen LogP contribution in [0.5, 0.6) is 0 Å². The topological polar surface area (TPSA) is 62.9 Å². The molecule has 0 saturated carbocycles. The monoisotopic (exact) mass is 432 g/mol. The van der Waals surface area contributed by atoms with Crippen LogP contribution in [0.2, 0.25) is 0 Å². The molecule has 0 bridgehead atoms. The second-order valence-electron chi connectivity index (χ2n) is 5.92. The predicted octanol–water partition coefficient (Wildman–Crippen LogP) is 2.56. The normalized spacial score (nSPS) is 17.4. The van der Waals surface area contributed by atoms with Gasteiger partial charge in [-0.25, -0.2) is 0 Å². The number of aryl methyl sites for hydroxylation is 1. The first-order chi connectivity index (χ1) is 10.7. The fourth-order valence-electron chi connectivity index (χ4n) is 2.55. The van der Waals surface area contributed by atoms with Gasteiger partial charge in [-0.05, 0) is 30.0 Å². The second-order valence-corrected chi connectivity index (χ2v) is 5.92. The number of hydrogen-bond acceptors (Lipinski definition) is 3. The molecule has 1 aliphatic rings. The Balaban J connectivity index is 0.00000264. The number of anilines is 1. The van der Waals surface area contributed by atoms with E-state index < -0.39 is 0 Å². The van der Waals surface area contributed by atoms with Gasteiger partial charge in [0.15, 0.2) is 5.96 Å². The Morgan fingerprint density at radius 3 is 2.57 bits per heavy atom. The van der Waals surface area contributed by atoms with E-state index in [0.29, 0.717) is 11.9 Å². The zero-order valence-electron chi connectivity index (χ0n) is 14.1. The molecule has 1 heterocycles. The van der Waals surface area contributed by atoms with Crippen molar-refractivity contribution in [3.8, 4) is 0 Å². The minimum absolute atomic E-state index is 0. The van der Waals surface area contributed by atoms with E-state index in [9.17, 15) is 0 Å². The molecule has 1 aromatic carbocycles. The van der Waals surface area contributed by atoms with Gasteiger partial charge in [-0.2, -0.15) is 0 Å². The van der Waals surface area contributed by atoms with Gasteiger partial charge in [0.1, 0.15) is 0 Å². The second kappa shape index (κ2) is 10.8. The third-order valence-electron chi connectivity index (χ3n) is 3.88. The molecular formula is C17H29IN4O. The van der Waals surface area contributed by atoms with Crippen molar-refractivity contribution in [2.45, 2.75) is 20.3 Å². The van der Waals surface area contributed by atoms with E-state index in [2.05, 4.69) is 41.2 Å². The number of rotatable bonds is 6. The van der Waals surface area contributed by atoms with Crippen LogP contribution in [0.3, 0.4) is 0 Å². The molecule has 0 spiro atoms. The Morgan fingerprint density at radius 2 is 1.96 bits per heavy atom. The molecule has 1 aromatic rings. The lowest BCUT2D eigenvalue weighted by Gasteiger charge is -2.28. The maximum atomic E-state index is 5.96. The van der Waals surface area contributed by atoms with Gasteiger partial charge in [-0.3, -0.25) is 9.89 Å². The van der Waals surface area contributed by atoms with Crippen molar-refractivity contribution in [3.05, 3.63) is 29.8 Å². The number of nitrogens with two attached hydrogens (primary N) is 1. The SMILES string of the molecule is CCc1ccc(NC(N)=NCC(C)CN2CCOCC2)cc1.I. The van der Waals surface area contributed by atoms with Crippen molar-refractivity contribution < 1.29 is 4.74 Å². The summed E-state index contributed by atoms with van der Waals surface area (Å²) in [4.78, 5) is 6.88. The Bertz CT molecular complexity index is 472. The third kappa shape index (κ3) is 7.50. The summed E-state index contributed by atoms with van der Waals surface area (Å²) < 4.78 is 5.36. The highest BCUT2D eigenvalue weighted by atomic mass is 127. The van der Waals surface area contributed by atoms with E-state index in [-0.39, 0.29) is 24.0 Å². The van der Waals surface area contributed by atoms with Gasteiger partial charge in [0, 0.05) is 31.9 Å². The number of guanidine groups is 1. The molecule has 0 radical (unpaired) electrons. The van der Waals surface area contributed by atoms with Crippen molar-refractivity contribution in [2.75, 3.05) is 44.7 Å². The lowest BCUT2D eigenvalue weighted by Crippen LogP contribution is -2.39. The lowest BCUT2D eigenvalue weighted by molar-refractivity contribution is 0.0323. The first-order valence-electron chi connectivity index (χ1n) is 8.13. The molecule has 23 heavy (non-hydrogen) atoms. The molecule has 0 aromatic heterocycles. The van der Waals surface area contributed by atoms with Crippen molar-refractivity contribution >= 4 is 35.6 Å². The van der Waals surface area contributed by atoms with E-state index in [1.807, 2.05) is 12.1 Å². The Morgan fingerprint density at radius 1 is 1.30 bits per heavy atom. The van der Waals surface area contributed by atoms with Gasteiger partial charge in [0.2, 0.25) is 0 Å². The number of ether oxygens (including phenoxy) is 1. The van der Waals surface area contributed by atoms with Crippen LogP contribution >= 0.6 is 24.0 Å². The van der Waals surface area contributed by atoms with Crippen molar-refractivity contribution in [2.24, 2.45) is 16.6 Å². The number of nitrogens with zero attached hydrogens (tertiary/aromatic N) is 2. The summed E-state index contributed by atoms with van der Waals surface area (Å²) in [5.41, 5.74) is 8.27. The molecule has 1 fully saturated rings. The number of hydrogen-bond donors (Lipinski definition) is 2. The summed E-state index contributed by atoms with van der Waals surface area (Å²) in [5.74, 6) is 0.971. The van der Waals surface area contributed by atoms with Crippen LogP contribution in [-0.4, -0.2) is 50.3 Å². The largest absolute Gasteiger partial charge is 0.379 e. The average molecular weight is 432 g/mol. The maximum Gasteiger partial charge on any atom is 0.193 e. The highest BCUT2D eigenvalue weighted by Gasteiger charge is 2.13. The fraction of sp³-hybridized carbons (Fsp3) is 0.588. The smallest absolute Gasteiger partial charge is 0.193 e. The van der Waals surface area contributed by atoms with Crippen molar-refractivity contribution in [3.63, 3.8) is 0 Å². The standard InChI is InChI=1S/C17H28N4O.HI/c1-3-15-4-6-16(7-5-15)20-17(18)19-12-14(2)13-21-8-10-22-11-9-21;/h4-7,14H,3,8-13H2,1-2H3,(H3,18,19,20);1H. The highest BCUT2D eigenvalue weighted by molar-refractivity contribution is 14.0. The van der Waals surface area contributed by atoms with Crippen molar-refractivity contribution in [1.29, 1.82) is 0 Å². The van der Waals surface area contributed by atoms with Gasteiger partial charge in [0.25, 0.3) is 0 Å². The molecule has 5 nitrogen and oxygen atoms in total. The number of morpholine rings is 1. The first-order valence-corrected chi connectivity index (χ1v) is 8.13. The Kier molecular flexibility index (Phi) is 9.50. The molecule has 0 amide bonds. The van der Waals surface area contributed by atoms with E-state index >= 15 is 0 Å². The van der Waals surface area contributed by atoms with E-state index in [0.717, 1.165) is 51.5 Å². The first kappa shape index (κ1) is 20.2. The van der Waals surface area contributed by atoms with Crippen LogP contribution in [0.4, 0.5) is 5.69 Å². The molecule has 1 aliphatic heterocycles. The zero-order chi connectivity index (χ0) is 15.8. The minimum Gasteiger partial charge on any atom is -0.379 e. The molecule has 1 unspecified atom stereocenters. The van der Waals surface area contributed by atoms with Gasteiger partial charge < -0.3 is 15.8 Å². The van der Waals surface area contributed by atoms with Crippen LogP contribution in [0.15, 0.2) is 29.3 Å². The Labute approximate surface area is 156 Å². The van der Waals surface area contributed by atoms with Gasteiger partial charge in [-0.15, -0.1) is 24.0 Å². The van der Waals surface area contributed by atoms with E-state index in [1.165, 1.54) is 5.56 Å². The van der Waals surface area contributed by atoms with Crippen molar-refractivity contribution in [1.82, 2.24) is 4.90 Å². The summed E-state index contributed by atoms with van der Waals surface area (Å²) in [6.07, 6.45) is 1.04. The number of benzene rings is 1. The highest BCUT2D eigenvalue weighted by Crippen LogP contribution is 2.10. The molecule has 1 saturated heterocycles. The van der Waals surface area contributed by atoms with Crippen LogP contribution < -0.4 is 11.1 Å².